The smallest absolute Gasteiger partial charge is 0.151 e. The maximum Gasteiger partial charge on any atom is 0.151 e. The van der Waals surface area contributed by atoms with Gasteiger partial charge in [0.15, 0.2) is 6.29 Å². The lowest BCUT2D eigenvalue weighted by Crippen LogP contribution is -2.46. The van der Waals surface area contributed by atoms with Gasteiger partial charge in [0.05, 0.1) is 6.61 Å². The van der Waals surface area contributed by atoms with Crippen LogP contribution in [-0.2, 0) is 4.79 Å². The van der Waals surface area contributed by atoms with Crippen molar-refractivity contribution in [1.29, 1.82) is 0 Å². The lowest BCUT2D eigenvalue weighted by atomic mass is 10.0. The van der Waals surface area contributed by atoms with Gasteiger partial charge in [-0.2, -0.15) is 0 Å². The first-order valence-corrected chi connectivity index (χ1v) is 5.37. The molecule has 0 bridgehead atoms. The molecule has 0 rings (SSSR count). The fourth-order valence-electron chi connectivity index (χ4n) is 0.618. The Morgan fingerprint density at radius 3 is 1.44 bits per heavy atom. The van der Waals surface area contributed by atoms with E-state index in [9.17, 15) is 4.79 Å². The average molecular weight is 272 g/mol. The number of aliphatic hydroxyl groups is 7. The van der Waals surface area contributed by atoms with Gasteiger partial charge in [0.25, 0.3) is 0 Å². The van der Waals surface area contributed by atoms with Crippen LogP contribution in [0.15, 0.2) is 0 Å². The maximum absolute atomic E-state index is 9.90. The highest BCUT2D eigenvalue weighted by Gasteiger charge is 2.29. The van der Waals surface area contributed by atoms with Gasteiger partial charge in [-0.05, 0) is 13.8 Å². The van der Waals surface area contributed by atoms with E-state index >= 15 is 0 Å². The van der Waals surface area contributed by atoms with Crippen LogP contribution in [0, 0.1) is 0 Å². The Morgan fingerprint density at radius 2 is 1.22 bits per heavy atom. The zero-order valence-electron chi connectivity index (χ0n) is 10.5. The van der Waals surface area contributed by atoms with Crippen LogP contribution in [0.4, 0.5) is 0 Å². The second kappa shape index (κ2) is 16.4. The van der Waals surface area contributed by atoms with Gasteiger partial charge in [-0.15, -0.1) is 0 Å². The molecule has 0 aliphatic rings. The second-order valence-electron chi connectivity index (χ2n) is 2.99. The Kier molecular flexibility index (Phi) is 20.5. The average Bonchev–Trinajstić information content (AvgIpc) is 2.36. The van der Waals surface area contributed by atoms with Gasteiger partial charge in [0.2, 0.25) is 0 Å². The van der Waals surface area contributed by atoms with Crippen molar-refractivity contribution in [2.45, 2.75) is 38.3 Å². The molecule has 0 aromatic carbocycles. The number of carbonyl (C=O) groups is 1. The molecule has 0 radical (unpaired) electrons. The third-order valence-electron chi connectivity index (χ3n) is 1.42. The SMILES string of the molecule is CCO.CCO.O=C[C@H](O)[C@@H](O)[C@H](O)[C@H](O)CO. The first-order chi connectivity index (χ1) is 8.37. The fourth-order valence-corrected chi connectivity index (χ4v) is 0.618. The maximum atomic E-state index is 9.90. The van der Waals surface area contributed by atoms with E-state index in [0.717, 1.165) is 0 Å². The summed E-state index contributed by atoms with van der Waals surface area (Å²) in [6.45, 7) is 3.10. The predicted octanol–water partition coefficient (Wildman–Crippen LogP) is -3.38. The Labute approximate surface area is 106 Å². The van der Waals surface area contributed by atoms with Crippen molar-refractivity contribution in [2.24, 2.45) is 0 Å². The van der Waals surface area contributed by atoms with Crippen molar-refractivity contribution in [3.63, 3.8) is 0 Å². The molecule has 8 nitrogen and oxygen atoms in total. The fraction of sp³-hybridized carbons (Fsp3) is 0.900. The minimum Gasteiger partial charge on any atom is -0.397 e. The van der Waals surface area contributed by atoms with Crippen LogP contribution in [-0.4, -0.2) is 86.3 Å². The van der Waals surface area contributed by atoms with Crippen LogP contribution in [0.25, 0.3) is 0 Å². The number of hydrogen-bond acceptors (Lipinski definition) is 8. The standard InChI is InChI=1S/C6H12O6.2C2H6O/c7-1-3(9)5(11)6(12)4(10)2-8;2*1-2-3/h1,3-6,8-12H,2H2;2*3H,2H2,1H3/t3-,4+,5+,6+;;/m0../s1. The van der Waals surface area contributed by atoms with E-state index in [1.165, 1.54) is 0 Å². The summed E-state index contributed by atoms with van der Waals surface area (Å²) in [6.07, 6.45) is -6.84. The summed E-state index contributed by atoms with van der Waals surface area (Å²) in [5.41, 5.74) is 0. The monoisotopic (exact) mass is 272 g/mol. The van der Waals surface area contributed by atoms with Crippen LogP contribution < -0.4 is 0 Å². The van der Waals surface area contributed by atoms with E-state index in [-0.39, 0.29) is 19.5 Å². The molecule has 0 unspecified atom stereocenters. The molecule has 112 valence electrons. The first-order valence-electron chi connectivity index (χ1n) is 5.37. The van der Waals surface area contributed by atoms with Gasteiger partial charge in [-0.1, -0.05) is 0 Å². The van der Waals surface area contributed by atoms with E-state index in [2.05, 4.69) is 0 Å². The molecule has 0 fully saturated rings. The molecule has 7 N–H and O–H groups in total. The highest BCUT2D eigenvalue weighted by atomic mass is 16.4. The Bertz CT molecular complexity index is 164. The number of aldehydes is 1. The lowest BCUT2D eigenvalue weighted by Gasteiger charge is -2.22. The summed E-state index contributed by atoms with van der Waals surface area (Å²) in [4.78, 5) is 9.90. The minimum absolute atomic E-state index is 0.0258. The molecule has 0 spiro atoms. The van der Waals surface area contributed by atoms with Crippen LogP contribution in [0.3, 0.4) is 0 Å². The quantitative estimate of drug-likeness (QED) is 0.255. The van der Waals surface area contributed by atoms with Crippen molar-refractivity contribution < 1.29 is 40.5 Å². The summed E-state index contributed by atoms with van der Waals surface area (Å²) in [6, 6.07) is 0. The van der Waals surface area contributed by atoms with Crippen molar-refractivity contribution in [2.75, 3.05) is 19.8 Å². The number of rotatable bonds is 5. The lowest BCUT2D eigenvalue weighted by molar-refractivity contribution is -0.136. The molecule has 0 saturated carbocycles. The second-order valence-corrected chi connectivity index (χ2v) is 2.99. The van der Waals surface area contributed by atoms with Gasteiger partial charge in [0, 0.05) is 13.2 Å². The van der Waals surface area contributed by atoms with Crippen molar-refractivity contribution >= 4 is 6.29 Å². The van der Waals surface area contributed by atoms with Crippen LogP contribution in [0.1, 0.15) is 13.8 Å². The Balaban J connectivity index is -0.000000315. The van der Waals surface area contributed by atoms with Gasteiger partial charge in [-0.3, -0.25) is 0 Å². The topological polar surface area (TPSA) is 159 Å². The summed E-state index contributed by atoms with van der Waals surface area (Å²) in [5, 5.41) is 58.7. The van der Waals surface area contributed by atoms with Crippen molar-refractivity contribution in [3.05, 3.63) is 0 Å². The predicted molar refractivity (Wildman–Crippen MR) is 62.7 cm³/mol. The van der Waals surface area contributed by atoms with Crippen LogP contribution >= 0.6 is 0 Å². The number of aliphatic hydroxyl groups excluding tert-OH is 7. The normalized spacial score (nSPS) is 16.1. The minimum atomic E-state index is -1.79. The third-order valence-corrected chi connectivity index (χ3v) is 1.42. The Morgan fingerprint density at radius 1 is 0.889 bits per heavy atom. The molecule has 0 aromatic rings. The number of hydrogen-bond donors (Lipinski definition) is 7. The van der Waals surface area contributed by atoms with Crippen LogP contribution in [0.5, 0.6) is 0 Å². The van der Waals surface area contributed by atoms with Crippen LogP contribution in [0.2, 0.25) is 0 Å². The van der Waals surface area contributed by atoms with E-state index < -0.39 is 31.0 Å². The van der Waals surface area contributed by atoms with Gasteiger partial charge >= 0.3 is 0 Å². The summed E-state index contributed by atoms with van der Waals surface area (Å²) < 4.78 is 0. The molecular formula is C10H24O8. The van der Waals surface area contributed by atoms with Gasteiger partial charge < -0.3 is 40.5 Å². The molecule has 18 heavy (non-hydrogen) atoms. The molecule has 0 saturated heterocycles. The third kappa shape index (κ3) is 13.5. The largest absolute Gasteiger partial charge is 0.397 e. The highest BCUT2D eigenvalue weighted by Crippen LogP contribution is 2.02. The molecule has 0 aliphatic heterocycles. The molecule has 8 heteroatoms. The highest BCUT2D eigenvalue weighted by molar-refractivity contribution is 5.56. The van der Waals surface area contributed by atoms with E-state index in [1.54, 1.807) is 13.8 Å². The number of carbonyl (C=O) groups excluding carboxylic acids is 1. The molecule has 0 heterocycles. The summed E-state index contributed by atoms with van der Waals surface area (Å²) in [7, 11) is 0. The zero-order valence-corrected chi connectivity index (χ0v) is 10.5. The first kappa shape index (κ1) is 22.6. The summed E-state index contributed by atoms with van der Waals surface area (Å²) >= 11 is 0. The molecule has 0 aromatic heterocycles. The zero-order chi connectivity index (χ0) is 15.1. The van der Waals surface area contributed by atoms with Crippen molar-refractivity contribution in [1.82, 2.24) is 0 Å². The van der Waals surface area contributed by atoms with E-state index in [4.69, 9.17) is 35.7 Å². The molecule has 0 amide bonds. The molecule has 4 atom stereocenters. The molecular weight excluding hydrogens is 248 g/mol. The Hall–Kier alpha value is -0.610. The molecule has 0 aliphatic carbocycles. The summed E-state index contributed by atoms with van der Waals surface area (Å²) in [5.74, 6) is 0. The van der Waals surface area contributed by atoms with Gasteiger partial charge in [0.1, 0.15) is 24.4 Å². The van der Waals surface area contributed by atoms with Crippen molar-refractivity contribution in [3.8, 4) is 0 Å². The van der Waals surface area contributed by atoms with E-state index in [0.29, 0.717) is 0 Å². The van der Waals surface area contributed by atoms with Gasteiger partial charge in [-0.25, -0.2) is 0 Å². The van der Waals surface area contributed by atoms with E-state index in [1.807, 2.05) is 0 Å².